The molecule has 39 heavy (non-hydrogen) atoms. The number of ketones is 1. The zero-order valence-corrected chi connectivity index (χ0v) is 24.8. The molecule has 0 saturated carbocycles. The molecule has 3 heterocycles. The molecule has 0 spiro atoms. The van der Waals surface area contributed by atoms with Crippen LogP contribution in [-0.2, 0) is 10.5 Å². The van der Waals surface area contributed by atoms with Gasteiger partial charge in [-0.15, -0.1) is 21.5 Å². The molecule has 11 heteroatoms. The summed E-state index contributed by atoms with van der Waals surface area (Å²) in [6.45, 7) is 7.77. The van der Waals surface area contributed by atoms with Gasteiger partial charge in [0.1, 0.15) is 0 Å². The number of hydrogen-bond donors (Lipinski definition) is 1. The Morgan fingerprint density at radius 2 is 1.77 bits per heavy atom. The lowest BCUT2D eigenvalue weighted by molar-refractivity contribution is -0.117. The standard InChI is InChI=1S/C28H25ClN4O3S3/c1-14(2)18-7-9-19(10-8-18)22-21(23(34)25-15(3)30-16(4)38-25)24(35)26(36)33(22)27-31-32-28(39-27)37-13-17-5-11-20(29)12-6-17/h5-12,14,22,35H,13H2,1-4H3. The topological polar surface area (TPSA) is 96.3 Å². The van der Waals surface area contributed by atoms with Gasteiger partial charge >= 0.3 is 0 Å². The van der Waals surface area contributed by atoms with E-state index < -0.39 is 23.5 Å². The minimum atomic E-state index is -0.852. The normalized spacial score (nSPS) is 15.6. The number of halogens is 1. The lowest BCUT2D eigenvalue weighted by atomic mass is 9.93. The molecule has 7 nitrogen and oxygen atoms in total. The van der Waals surface area contributed by atoms with Crippen molar-refractivity contribution >= 4 is 62.9 Å². The van der Waals surface area contributed by atoms with Crippen molar-refractivity contribution in [3.8, 4) is 0 Å². The van der Waals surface area contributed by atoms with Crippen LogP contribution in [0.3, 0.4) is 0 Å². The van der Waals surface area contributed by atoms with Gasteiger partial charge in [-0.25, -0.2) is 4.98 Å². The van der Waals surface area contributed by atoms with Gasteiger partial charge in [0.05, 0.1) is 27.2 Å². The molecule has 1 aliphatic heterocycles. The van der Waals surface area contributed by atoms with E-state index in [2.05, 4.69) is 29.0 Å². The van der Waals surface area contributed by atoms with Gasteiger partial charge in [0.25, 0.3) is 5.91 Å². The average molecular weight is 597 g/mol. The number of anilines is 1. The highest BCUT2D eigenvalue weighted by atomic mass is 35.5. The van der Waals surface area contributed by atoms with Crippen LogP contribution in [0.15, 0.2) is 64.2 Å². The molecular formula is C28H25ClN4O3S3. The molecule has 0 saturated heterocycles. The van der Waals surface area contributed by atoms with Crippen molar-refractivity contribution < 1.29 is 14.7 Å². The van der Waals surface area contributed by atoms with E-state index in [1.807, 2.05) is 55.5 Å². The molecule has 1 unspecified atom stereocenters. The number of aromatic nitrogens is 3. The van der Waals surface area contributed by atoms with Gasteiger partial charge in [-0.2, -0.15) is 0 Å². The van der Waals surface area contributed by atoms with Gasteiger partial charge in [0, 0.05) is 10.8 Å². The zero-order valence-electron chi connectivity index (χ0n) is 21.6. The van der Waals surface area contributed by atoms with Gasteiger partial charge in [0.2, 0.25) is 10.9 Å². The number of Topliss-reactive ketones (excluding diaryl/α,β-unsaturated/α-hetero) is 1. The highest BCUT2D eigenvalue weighted by Gasteiger charge is 2.46. The summed E-state index contributed by atoms with van der Waals surface area (Å²) >= 11 is 9.96. The predicted molar refractivity (Wildman–Crippen MR) is 157 cm³/mol. The summed E-state index contributed by atoms with van der Waals surface area (Å²) in [6.07, 6.45) is 0. The first-order chi connectivity index (χ1) is 18.6. The largest absolute Gasteiger partial charge is 0.503 e. The molecule has 0 bridgehead atoms. The van der Waals surface area contributed by atoms with Gasteiger partial charge in [-0.05, 0) is 48.6 Å². The number of rotatable bonds is 8. The van der Waals surface area contributed by atoms with E-state index in [0.29, 0.717) is 42.3 Å². The third kappa shape index (κ3) is 5.51. The molecule has 1 aliphatic rings. The predicted octanol–water partition coefficient (Wildman–Crippen LogP) is 7.46. The van der Waals surface area contributed by atoms with Gasteiger partial charge in [-0.1, -0.05) is 84.9 Å². The van der Waals surface area contributed by atoms with Crippen LogP contribution in [0.2, 0.25) is 5.02 Å². The van der Waals surface area contributed by atoms with Gasteiger partial charge < -0.3 is 5.11 Å². The van der Waals surface area contributed by atoms with E-state index in [1.54, 1.807) is 6.92 Å². The summed E-state index contributed by atoms with van der Waals surface area (Å²) in [5.74, 6) is -0.700. The molecule has 0 aliphatic carbocycles. The minimum Gasteiger partial charge on any atom is -0.503 e. The van der Waals surface area contributed by atoms with Crippen molar-refractivity contribution in [3.05, 3.63) is 97.2 Å². The van der Waals surface area contributed by atoms with Gasteiger partial charge in [-0.3, -0.25) is 14.5 Å². The van der Waals surface area contributed by atoms with Crippen molar-refractivity contribution in [2.75, 3.05) is 4.90 Å². The lowest BCUT2D eigenvalue weighted by Gasteiger charge is -2.24. The number of thioether (sulfide) groups is 1. The Balaban J connectivity index is 1.51. The van der Waals surface area contributed by atoms with Crippen LogP contribution in [-0.4, -0.2) is 32.0 Å². The third-order valence-corrected chi connectivity index (χ3v) is 9.81. The fourth-order valence-corrected chi connectivity index (χ4v) is 7.18. The summed E-state index contributed by atoms with van der Waals surface area (Å²) in [6, 6.07) is 14.5. The maximum absolute atomic E-state index is 13.8. The lowest BCUT2D eigenvalue weighted by Crippen LogP contribution is -2.31. The van der Waals surface area contributed by atoms with Crippen molar-refractivity contribution in [1.82, 2.24) is 15.2 Å². The molecular weight excluding hydrogens is 572 g/mol. The molecule has 1 atom stereocenters. The number of benzene rings is 2. The van der Waals surface area contributed by atoms with Crippen LogP contribution in [0.4, 0.5) is 5.13 Å². The Hall–Kier alpha value is -3.05. The number of nitrogens with zero attached hydrogens (tertiary/aromatic N) is 4. The number of carbonyl (C=O) groups is 2. The Morgan fingerprint density at radius 3 is 2.38 bits per heavy atom. The smallest absolute Gasteiger partial charge is 0.296 e. The molecule has 2 aromatic heterocycles. The number of amides is 1. The van der Waals surface area contributed by atoms with E-state index in [4.69, 9.17) is 11.6 Å². The number of carbonyl (C=O) groups excluding carboxylic acids is 2. The number of thiazole rings is 1. The van der Waals surface area contributed by atoms with Crippen molar-refractivity contribution in [2.45, 2.75) is 49.7 Å². The second-order valence-corrected chi connectivity index (χ2v) is 13.2. The maximum atomic E-state index is 13.8. The molecule has 1 N–H and O–H groups in total. The number of hydrogen-bond acceptors (Lipinski definition) is 9. The number of aliphatic hydroxyl groups excluding tert-OH is 1. The second kappa shape index (κ2) is 11.2. The van der Waals surface area contributed by atoms with E-state index in [1.165, 1.54) is 39.3 Å². The first kappa shape index (κ1) is 27.5. The van der Waals surface area contributed by atoms with Crippen LogP contribution < -0.4 is 4.90 Å². The molecule has 5 rings (SSSR count). The Kier molecular flexibility index (Phi) is 7.91. The van der Waals surface area contributed by atoms with Crippen molar-refractivity contribution in [1.29, 1.82) is 0 Å². The summed E-state index contributed by atoms with van der Waals surface area (Å²) in [4.78, 5) is 33.4. The number of aliphatic hydroxyl groups is 1. The van der Waals surface area contributed by atoms with Crippen LogP contribution in [0, 0.1) is 13.8 Å². The average Bonchev–Trinajstić information content (AvgIpc) is 3.59. The minimum absolute atomic E-state index is 0.0228. The summed E-state index contributed by atoms with van der Waals surface area (Å²) in [5.41, 5.74) is 3.49. The van der Waals surface area contributed by atoms with Crippen LogP contribution in [0.5, 0.6) is 0 Å². The van der Waals surface area contributed by atoms with E-state index >= 15 is 0 Å². The van der Waals surface area contributed by atoms with E-state index in [9.17, 15) is 14.7 Å². The van der Waals surface area contributed by atoms with Crippen LogP contribution >= 0.6 is 46.0 Å². The molecule has 1 amide bonds. The molecule has 0 radical (unpaired) electrons. The monoisotopic (exact) mass is 596 g/mol. The Labute approximate surface area is 243 Å². The second-order valence-electron chi connectivity index (χ2n) is 9.40. The summed E-state index contributed by atoms with van der Waals surface area (Å²) in [5, 5.41) is 21.4. The van der Waals surface area contributed by atoms with Crippen molar-refractivity contribution in [3.63, 3.8) is 0 Å². The third-order valence-electron chi connectivity index (χ3n) is 6.36. The quantitative estimate of drug-likeness (QED) is 0.128. The van der Waals surface area contributed by atoms with E-state index in [-0.39, 0.29) is 5.57 Å². The summed E-state index contributed by atoms with van der Waals surface area (Å²) in [7, 11) is 0. The molecule has 0 fully saturated rings. The molecule has 200 valence electrons. The van der Waals surface area contributed by atoms with Crippen molar-refractivity contribution in [2.24, 2.45) is 0 Å². The fraction of sp³-hybridized carbons (Fsp3) is 0.250. The highest BCUT2D eigenvalue weighted by Crippen LogP contribution is 2.44. The molecule has 2 aromatic carbocycles. The SMILES string of the molecule is Cc1nc(C)c(C(=O)C2=C(O)C(=O)N(c3nnc(SCc4ccc(Cl)cc4)s3)C2c2ccc(C(C)C)cc2)s1. The fourth-order valence-electron chi connectivity index (χ4n) is 4.36. The van der Waals surface area contributed by atoms with E-state index in [0.717, 1.165) is 16.1 Å². The van der Waals surface area contributed by atoms with Crippen LogP contribution in [0.25, 0.3) is 0 Å². The Bertz CT molecular complexity index is 1580. The van der Waals surface area contributed by atoms with Gasteiger partial charge in [0.15, 0.2) is 10.1 Å². The van der Waals surface area contributed by atoms with Crippen LogP contribution in [0.1, 0.15) is 62.9 Å². The Morgan fingerprint density at radius 1 is 1.08 bits per heavy atom. The molecule has 4 aromatic rings. The first-order valence-corrected chi connectivity index (χ1v) is 15.2. The maximum Gasteiger partial charge on any atom is 0.296 e. The summed E-state index contributed by atoms with van der Waals surface area (Å²) < 4.78 is 0.662. The zero-order chi connectivity index (χ0) is 27.8. The first-order valence-electron chi connectivity index (χ1n) is 12.2. The number of aryl methyl sites for hydroxylation is 2. The highest BCUT2D eigenvalue weighted by molar-refractivity contribution is 8.00.